The van der Waals surface area contributed by atoms with E-state index < -0.39 is 12.1 Å². The molecule has 0 amide bonds. The van der Waals surface area contributed by atoms with Crippen LogP contribution < -0.4 is 4.74 Å². The van der Waals surface area contributed by atoms with Crippen molar-refractivity contribution in [2.45, 2.75) is 19.4 Å². The number of aliphatic hydroxyl groups is 1. The van der Waals surface area contributed by atoms with Gasteiger partial charge in [0, 0.05) is 11.8 Å². The molecule has 1 N–H and O–H groups in total. The Labute approximate surface area is 94.0 Å². The van der Waals surface area contributed by atoms with Crippen molar-refractivity contribution < 1.29 is 19.4 Å². The molecule has 0 spiro atoms. The summed E-state index contributed by atoms with van der Waals surface area (Å²) in [4.78, 5) is 15.1. The maximum atomic E-state index is 11.0. The van der Waals surface area contributed by atoms with E-state index >= 15 is 0 Å². The van der Waals surface area contributed by atoms with E-state index in [0.717, 1.165) is 5.69 Å². The zero-order valence-corrected chi connectivity index (χ0v) is 9.56. The zero-order valence-electron chi connectivity index (χ0n) is 9.56. The molecule has 0 aromatic carbocycles. The number of aromatic nitrogens is 1. The summed E-state index contributed by atoms with van der Waals surface area (Å²) in [6.07, 6.45) is -0.980. The average molecular weight is 225 g/mol. The first-order chi connectivity index (χ1) is 7.56. The molecular weight excluding hydrogens is 210 g/mol. The second-order valence-electron chi connectivity index (χ2n) is 3.38. The lowest BCUT2D eigenvalue weighted by Crippen LogP contribution is -2.08. The van der Waals surface area contributed by atoms with Gasteiger partial charge < -0.3 is 14.6 Å². The Morgan fingerprint density at radius 1 is 1.50 bits per heavy atom. The highest BCUT2D eigenvalue weighted by Gasteiger charge is 2.14. The summed E-state index contributed by atoms with van der Waals surface area (Å²) in [6, 6.07) is 3.30. The number of hydrogen-bond donors (Lipinski definition) is 1. The Hall–Kier alpha value is -1.62. The summed E-state index contributed by atoms with van der Waals surface area (Å²) in [6.45, 7) is 1.79. The average Bonchev–Trinajstić information content (AvgIpc) is 2.27. The Morgan fingerprint density at radius 3 is 2.75 bits per heavy atom. The number of esters is 1. The Morgan fingerprint density at radius 2 is 2.19 bits per heavy atom. The topological polar surface area (TPSA) is 68.7 Å². The predicted molar refractivity (Wildman–Crippen MR) is 57.1 cm³/mol. The minimum atomic E-state index is -0.900. The highest BCUT2D eigenvalue weighted by atomic mass is 16.5. The molecule has 5 heteroatoms. The monoisotopic (exact) mass is 225 g/mol. The van der Waals surface area contributed by atoms with E-state index in [0.29, 0.717) is 11.4 Å². The van der Waals surface area contributed by atoms with Gasteiger partial charge in [-0.05, 0) is 18.6 Å². The molecular formula is C11H15NO4. The van der Waals surface area contributed by atoms with Gasteiger partial charge in [0.2, 0.25) is 5.88 Å². The molecule has 1 aromatic rings. The summed E-state index contributed by atoms with van der Waals surface area (Å²) in [5.74, 6) is -0.0418. The van der Waals surface area contributed by atoms with Crippen molar-refractivity contribution >= 4 is 5.97 Å². The normalized spacial score (nSPS) is 12.0. The lowest BCUT2D eigenvalue weighted by molar-refractivity contribution is -0.142. The van der Waals surface area contributed by atoms with Gasteiger partial charge in [0.15, 0.2) is 0 Å². The molecule has 0 bridgehead atoms. The van der Waals surface area contributed by atoms with Gasteiger partial charge in [-0.2, -0.15) is 0 Å². The second-order valence-corrected chi connectivity index (χ2v) is 3.38. The van der Waals surface area contributed by atoms with Crippen LogP contribution in [0.2, 0.25) is 0 Å². The van der Waals surface area contributed by atoms with Gasteiger partial charge in [0.1, 0.15) is 0 Å². The molecule has 0 aliphatic rings. The Bertz CT molecular complexity index is 378. The highest BCUT2D eigenvalue weighted by Crippen LogP contribution is 2.21. The maximum absolute atomic E-state index is 11.0. The van der Waals surface area contributed by atoms with Crippen molar-refractivity contribution in [3.05, 3.63) is 23.4 Å². The van der Waals surface area contributed by atoms with E-state index in [9.17, 15) is 9.90 Å². The van der Waals surface area contributed by atoms with Gasteiger partial charge in [0.05, 0.1) is 26.7 Å². The van der Waals surface area contributed by atoms with Crippen molar-refractivity contribution in [3.8, 4) is 5.88 Å². The highest BCUT2D eigenvalue weighted by molar-refractivity contribution is 5.70. The molecule has 1 heterocycles. The summed E-state index contributed by atoms with van der Waals surface area (Å²) < 4.78 is 9.46. The fourth-order valence-electron chi connectivity index (χ4n) is 1.32. The molecule has 5 nitrogen and oxygen atoms in total. The lowest BCUT2D eigenvalue weighted by atomic mass is 10.1. The molecule has 0 saturated carbocycles. The van der Waals surface area contributed by atoms with E-state index in [2.05, 4.69) is 9.72 Å². The SMILES string of the molecule is COC(=O)CC(O)c1cc(C)nc(OC)c1. The van der Waals surface area contributed by atoms with E-state index in [4.69, 9.17) is 4.74 Å². The van der Waals surface area contributed by atoms with Crippen LogP contribution in [0.25, 0.3) is 0 Å². The smallest absolute Gasteiger partial charge is 0.308 e. The number of aliphatic hydroxyl groups excluding tert-OH is 1. The molecule has 0 aliphatic heterocycles. The molecule has 16 heavy (non-hydrogen) atoms. The van der Waals surface area contributed by atoms with Crippen molar-refractivity contribution in [1.29, 1.82) is 0 Å². The van der Waals surface area contributed by atoms with Crippen LogP contribution >= 0.6 is 0 Å². The molecule has 1 aromatic heterocycles. The second kappa shape index (κ2) is 5.46. The molecule has 1 atom stereocenters. The van der Waals surface area contributed by atoms with E-state index in [1.165, 1.54) is 14.2 Å². The number of carbonyl (C=O) groups excluding carboxylic acids is 1. The predicted octanol–water partition coefficient (Wildman–Crippen LogP) is 0.995. The van der Waals surface area contributed by atoms with Crippen LogP contribution in [-0.4, -0.2) is 30.3 Å². The first-order valence-electron chi connectivity index (χ1n) is 4.84. The van der Waals surface area contributed by atoms with E-state index in [-0.39, 0.29) is 6.42 Å². The number of methoxy groups -OCH3 is 2. The number of ether oxygens (including phenoxy) is 2. The van der Waals surface area contributed by atoms with Crippen LogP contribution in [0.5, 0.6) is 5.88 Å². The van der Waals surface area contributed by atoms with Crippen molar-refractivity contribution in [2.24, 2.45) is 0 Å². The molecule has 1 rings (SSSR count). The van der Waals surface area contributed by atoms with E-state index in [1.807, 2.05) is 0 Å². The fourth-order valence-corrected chi connectivity index (χ4v) is 1.32. The van der Waals surface area contributed by atoms with Crippen LogP contribution in [0.4, 0.5) is 0 Å². The largest absolute Gasteiger partial charge is 0.481 e. The Balaban J connectivity index is 2.86. The summed E-state index contributed by atoms with van der Waals surface area (Å²) in [5.41, 5.74) is 1.31. The van der Waals surface area contributed by atoms with Crippen LogP contribution in [0, 0.1) is 6.92 Å². The van der Waals surface area contributed by atoms with Crippen LogP contribution in [0.3, 0.4) is 0 Å². The first-order valence-corrected chi connectivity index (χ1v) is 4.84. The minimum absolute atomic E-state index is 0.0803. The van der Waals surface area contributed by atoms with Crippen LogP contribution in [-0.2, 0) is 9.53 Å². The van der Waals surface area contributed by atoms with Gasteiger partial charge in [-0.1, -0.05) is 0 Å². The molecule has 0 aliphatic carbocycles. The third-order valence-corrected chi connectivity index (χ3v) is 2.13. The van der Waals surface area contributed by atoms with Gasteiger partial charge in [0.25, 0.3) is 0 Å². The quantitative estimate of drug-likeness (QED) is 0.774. The van der Waals surface area contributed by atoms with Crippen molar-refractivity contribution in [1.82, 2.24) is 4.98 Å². The molecule has 0 radical (unpaired) electrons. The molecule has 88 valence electrons. The number of nitrogens with zero attached hydrogens (tertiary/aromatic N) is 1. The van der Waals surface area contributed by atoms with Gasteiger partial charge >= 0.3 is 5.97 Å². The van der Waals surface area contributed by atoms with Gasteiger partial charge in [-0.25, -0.2) is 4.98 Å². The summed E-state index contributed by atoms with van der Waals surface area (Å²) in [7, 11) is 2.78. The minimum Gasteiger partial charge on any atom is -0.481 e. The third kappa shape index (κ3) is 3.20. The molecule has 0 saturated heterocycles. The number of carbonyl (C=O) groups is 1. The van der Waals surface area contributed by atoms with Crippen LogP contribution in [0.15, 0.2) is 12.1 Å². The number of hydrogen-bond acceptors (Lipinski definition) is 5. The van der Waals surface area contributed by atoms with Crippen molar-refractivity contribution in [2.75, 3.05) is 14.2 Å². The van der Waals surface area contributed by atoms with E-state index in [1.54, 1.807) is 19.1 Å². The Kier molecular flexibility index (Phi) is 4.25. The first kappa shape index (κ1) is 12.4. The van der Waals surface area contributed by atoms with Gasteiger partial charge in [-0.3, -0.25) is 4.79 Å². The summed E-state index contributed by atoms with van der Waals surface area (Å²) >= 11 is 0. The lowest BCUT2D eigenvalue weighted by Gasteiger charge is -2.11. The standard InChI is InChI=1S/C11H15NO4/c1-7-4-8(5-10(12-7)15-2)9(13)6-11(14)16-3/h4-5,9,13H,6H2,1-3H3. The van der Waals surface area contributed by atoms with Crippen molar-refractivity contribution in [3.63, 3.8) is 0 Å². The number of rotatable bonds is 4. The maximum Gasteiger partial charge on any atom is 0.308 e. The third-order valence-electron chi connectivity index (χ3n) is 2.13. The number of pyridine rings is 1. The van der Waals surface area contributed by atoms with Gasteiger partial charge in [-0.15, -0.1) is 0 Å². The fraction of sp³-hybridized carbons (Fsp3) is 0.455. The zero-order chi connectivity index (χ0) is 12.1. The van der Waals surface area contributed by atoms with Crippen LogP contribution in [0.1, 0.15) is 23.8 Å². The summed E-state index contributed by atoms with van der Waals surface area (Å²) in [5, 5.41) is 9.78. The number of aryl methyl sites for hydroxylation is 1. The molecule has 0 fully saturated rings. The molecule has 1 unspecified atom stereocenters.